The highest BCUT2D eigenvalue weighted by Gasteiger charge is 2.13. The van der Waals surface area contributed by atoms with Gasteiger partial charge in [0.05, 0.1) is 38.1 Å². The fraction of sp³-hybridized carbons (Fsp3) is 0.312. The third kappa shape index (κ3) is 3.83. The number of ether oxygens (including phenoxy) is 3. The van der Waals surface area contributed by atoms with Crippen LogP contribution >= 0.6 is 11.3 Å². The molecule has 1 N–H and O–H groups in total. The Hall–Kier alpha value is -2.61. The molecule has 1 heterocycles. The van der Waals surface area contributed by atoms with Gasteiger partial charge in [0, 0.05) is 12.5 Å². The van der Waals surface area contributed by atoms with Crippen LogP contribution in [-0.4, -0.2) is 38.3 Å². The number of benzene rings is 1. The van der Waals surface area contributed by atoms with Crippen LogP contribution in [0.1, 0.15) is 27.9 Å². The molecule has 1 aromatic heterocycles. The van der Waals surface area contributed by atoms with Crippen LogP contribution in [0, 0.1) is 6.92 Å². The molecule has 0 unspecified atom stereocenters. The van der Waals surface area contributed by atoms with Crippen molar-refractivity contribution in [3.05, 3.63) is 28.3 Å². The van der Waals surface area contributed by atoms with E-state index in [4.69, 9.17) is 14.2 Å². The molecule has 0 aliphatic rings. The highest BCUT2D eigenvalue weighted by atomic mass is 32.1. The van der Waals surface area contributed by atoms with Crippen molar-refractivity contribution in [2.75, 3.05) is 26.8 Å². The van der Waals surface area contributed by atoms with E-state index in [0.29, 0.717) is 33.0 Å². The fourth-order valence-corrected chi connectivity index (χ4v) is 2.92. The van der Waals surface area contributed by atoms with E-state index in [9.17, 15) is 4.79 Å². The molecule has 0 aliphatic carbocycles. The normalized spacial score (nSPS) is 10.7. The van der Waals surface area contributed by atoms with Crippen LogP contribution in [0.25, 0.3) is 0 Å². The number of Topliss-reactive ketones (excluding diaryl/α,β-unsaturated/α-hetero) is 1. The Bertz CT molecular complexity index is 746. The Morgan fingerprint density at radius 1 is 1.21 bits per heavy atom. The first-order valence-corrected chi connectivity index (χ1v) is 7.89. The monoisotopic (exact) mass is 349 g/mol. The number of hydrogen-bond donors (Lipinski definition) is 1. The first-order chi connectivity index (χ1) is 11.5. The topological polar surface area (TPSA) is 82.0 Å². The lowest BCUT2D eigenvalue weighted by atomic mass is 10.2. The van der Waals surface area contributed by atoms with Crippen molar-refractivity contribution in [2.45, 2.75) is 13.8 Å². The Kier molecular flexibility index (Phi) is 5.75. The number of aryl methyl sites for hydroxylation is 1. The average molecular weight is 349 g/mol. The standard InChI is InChI=1S/C16H19N3O4S/c1-9-15(10(2)20)24-16(18-9)19-17-8-11-6-12(21-3)14(23-5)13(7-11)22-4/h6-8H,1-5H3,(H,18,19)/b17-8+. The first kappa shape index (κ1) is 17.7. The van der Waals surface area contributed by atoms with Gasteiger partial charge < -0.3 is 14.2 Å². The lowest BCUT2D eigenvalue weighted by Gasteiger charge is -2.12. The van der Waals surface area contributed by atoms with E-state index in [1.54, 1.807) is 46.6 Å². The molecule has 7 nitrogen and oxygen atoms in total. The van der Waals surface area contributed by atoms with Gasteiger partial charge in [0.2, 0.25) is 10.9 Å². The predicted octanol–water partition coefficient (Wildman–Crippen LogP) is 3.13. The van der Waals surface area contributed by atoms with Crippen LogP contribution < -0.4 is 19.6 Å². The molecule has 24 heavy (non-hydrogen) atoms. The van der Waals surface area contributed by atoms with E-state index < -0.39 is 0 Å². The van der Waals surface area contributed by atoms with Crippen molar-refractivity contribution in [3.8, 4) is 17.2 Å². The minimum atomic E-state index is -0.00773. The van der Waals surface area contributed by atoms with Crippen molar-refractivity contribution < 1.29 is 19.0 Å². The minimum absolute atomic E-state index is 0.00773. The molecule has 0 saturated carbocycles. The van der Waals surface area contributed by atoms with Crippen molar-refractivity contribution >= 4 is 28.5 Å². The van der Waals surface area contributed by atoms with E-state index in [0.717, 1.165) is 5.56 Å². The molecular weight excluding hydrogens is 330 g/mol. The number of carbonyl (C=O) groups excluding carboxylic acids is 1. The summed E-state index contributed by atoms with van der Waals surface area (Å²) in [6.45, 7) is 3.31. The summed E-state index contributed by atoms with van der Waals surface area (Å²) in [5, 5.41) is 4.70. The molecule has 0 fully saturated rings. The number of rotatable bonds is 7. The maximum absolute atomic E-state index is 11.4. The van der Waals surface area contributed by atoms with E-state index in [-0.39, 0.29) is 5.78 Å². The second-order valence-corrected chi connectivity index (χ2v) is 5.82. The van der Waals surface area contributed by atoms with Gasteiger partial charge >= 0.3 is 0 Å². The van der Waals surface area contributed by atoms with Crippen LogP contribution in [0.5, 0.6) is 17.2 Å². The Morgan fingerprint density at radius 3 is 2.29 bits per heavy atom. The third-order valence-electron chi connectivity index (χ3n) is 3.18. The Morgan fingerprint density at radius 2 is 1.83 bits per heavy atom. The maximum atomic E-state index is 11.4. The van der Waals surface area contributed by atoms with Crippen LogP contribution in [0.15, 0.2) is 17.2 Å². The number of ketones is 1. The van der Waals surface area contributed by atoms with Crippen LogP contribution in [0.2, 0.25) is 0 Å². The minimum Gasteiger partial charge on any atom is -0.493 e. The molecule has 2 aromatic rings. The van der Waals surface area contributed by atoms with Gasteiger partial charge in [0.1, 0.15) is 0 Å². The quantitative estimate of drug-likeness (QED) is 0.470. The summed E-state index contributed by atoms with van der Waals surface area (Å²) in [6, 6.07) is 3.56. The van der Waals surface area contributed by atoms with Crippen molar-refractivity contribution in [1.29, 1.82) is 0 Å². The van der Waals surface area contributed by atoms with E-state index >= 15 is 0 Å². The Balaban J connectivity index is 2.20. The zero-order valence-electron chi connectivity index (χ0n) is 14.2. The number of hydrogen-bond acceptors (Lipinski definition) is 8. The first-order valence-electron chi connectivity index (χ1n) is 7.07. The van der Waals surface area contributed by atoms with Gasteiger partial charge in [-0.15, -0.1) is 0 Å². The molecule has 0 spiro atoms. The Labute approximate surface area is 144 Å². The lowest BCUT2D eigenvalue weighted by Crippen LogP contribution is -1.97. The van der Waals surface area contributed by atoms with Crippen LogP contribution in [-0.2, 0) is 0 Å². The van der Waals surface area contributed by atoms with Crippen LogP contribution in [0.4, 0.5) is 5.13 Å². The highest BCUT2D eigenvalue weighted by molar-refractivity contribution is 7.17. The number of nitrogens with one attached hydrogen (secondary N) is 1. The average Bonchev–Trinajstić information content (AvgIpc) is 2.94. The van der Waals surface area contributed by atoms with Crippen molar-refractivity contribution in [1.82, 2.24) is 4.98 Å². The summed E-state index contributed by atoms with van der Waals surface area (Å²) in [4.78, 5) is 16.3. The molecule has 0 aliphatic heterocycles. The number of hydrazone groups is 1. The molecule has 0 bridgehead atoms. The fourth-order valence-electron chi connectivity index (χ4n) is 2.11. The van der Waals surface area contributed by atoms with Crippen molar-refractivity contribution in [2.24, 2.45) is 5.10 Å². The number of nitrogens with zero attached hydrogens (tertiary/aromatic N) is 2. The largest absolute Gasteiger partial charge is 0.493 e. The summed E-state index contributed by atoms with van der Waals surface area (Å²) >= 11 is 1.27. The molecule has 128 valence electrons. The van der Waals surface area contributed by atoms with E-state index in [1.165, 1.54) is 18.3 Å². The van der Waals surface area contributed by atoms with Gasteiger partial charge in [0.25, 0.3) is 0 Å². The predicted molar refractivity (Wildman–Crippen MR) is 94.2 cm³/mol. The molecular formula is C16H19N3O4S. The zero-order chi connectivity index (χ0) is 17.7. The van der Waals surface area contributed by atoms with E-state index in [2.05, 4.69) is 15.5 Å². The van der Waals surface area contributed by atoms with Crippen molar-refractivity contribution in [3.63, 3.8) is 0 Å². The molecule has 2 rings (SSSR count). The molecule has 8 heteroatoms. The molecule has 0 saturated heterocycles. The molecule has 0 radical (unpaired) electrons. The number of methoxy groups -OCH3 is 3. The summed E-state index contributed by atoms with van der Waals surface area (Å²) in [5.74, 6) is 1.60. The van der Waals surface area contributed by atoms with E-state index in [1.807, 2.05) is 0 Å². The lowest BCUT2D eigenvalue weighted by molar-refractivity contribution is 0.102. The SMILES string of the molecule is COc1cc(/C=N/Nc2nc(C)c(C(C)=O)s2)cc(OC)c1OC. The second kappa shape index (κ2) is 7.78. The molecule has 0 amide bonds. The summed E-state index contributed by atoms with van der Waals surface area (Å²) in [5.41, 5.74) is 4.28. The van der Waals surface area contributed by atoms with Crippen LogP contribution in [0.3, 0.4) is 0 Å². The number of anilines is 1. The second-order valence-electron chi connectivity index (χ2n) is 4.82. The highest BCUT2D eigenvalue weighted by Crippen LogP contribution is 2.37. The van der Waals surface area contributed by atoms with Gasteiger partial charge in [0.15, 0.2) is 17.3 Å². The maximum Gasteiger partial charge on any atom is 0.204 e. The number of thiazole rings is 1. The molecule has 0 atom stereocenters. The van der Waals surface area contributed by atoms with Gasteiger partial charge in [-0.25, -0.2) is 4.98 Å². The third-order valence-corrected chi connectivity index (χ3v) is 4.34. The summed E-state index contributed by atoms with van der Waals surface area (Å²) < 4.78 is 15.9. The smallest absolute Gasteiger partial charge is 0.204 e. The number of aromatic nitrogens is 1. The zero-order valence-corrected chi connectivity index (χ0v) is 15.0. The van der Waals surface area contributed by atoms with Gasteiger partial charge in [-0.1, -0.05) is 11.3 Å². The van der Waals surface area contributed by atoms with Gasteiger partial charge in [-0.2, -0.15) is 5.10 Å². The summed E-state index contributed by atoms with van der Waals surface area (Å²) in [7, 11) is 4.66. The van der Waals surface area contributed by atoms with Gasteiger partial charge in [-0.05, 0) is 19.1 Å². The summed E-state index contributed by atoms with van der Waals surface area (Å²) in [6.07, 6.45) is 1.61. The molecule has 1 aromatic carbocycles. The van der Waals surface area contributed by atoms with Gasteiger partial charge in [-0.3, -0.25) is 10.2 Å². The number of carbonyl (C=O) groups is 1.